The third-order valence-corrected chi connectivity index (χ3v) is 1.15. The van der Waals surface area contributed by atoms with Crippen LogP contribution in [0.5, 0.6) is 0 Å². The lowest BCUT2D eigenvalue weighted by Gasteiger charge is -1.97. The summed E-state index contributed by atoms with van der Waals surface area (Å²) >= 11 is 0. The molecule has 0 bridgehead atoms. The average Bonchev–Trinajstić information content (AvgIpc) is 2.51. The van der Waals surface area contributed by atoms with Crippen LogP contribution in [0.2, 0.25) is 0 Å². The first kappa shape index (κ1) is 8.62. The molecule has 0 fully saturated rings. The predicted octanol–water partition coefficient (Wildman–Crippen LogP) is -1.24. The highest BCUT2D eigenvalue weighted by molar-refractivity contribution is 5.82. The molecule has 1 atom stereocenters. The zero-order valence-electron chi connectivity index (χ0n) is 5.97. The zero-order chi connectivity index (χ0) is 9.14. The first-order chi connectivity index (χ1) is 5.65. The standard InChI is InChI=1S/C5H7N3O4/c6-2(1-9)4-7-3(5(10)11)8-12-4/h2,9H,1,6H2,(H,10,11). The van der Waals surface area contributed by atoms with E-state index in [2.05, 4.69) is 14.7 Å². The highest BCUT2D eigenvalue weighted by Gasteiger charge is 2.17. The highest BCUT2D eigenvalue weighted by atomic mass is 16.5. The van der Waals surface area contributed by atoms with Crippen molar-refractivity contribution in [3.8, 4) is 0 Å². The molecule has 0 amide bonds. The van der Waals surface area contributed by atoms with E-state index < -0.39 is 17.8 Å². The Morgan fingerprint density at radius 3 is 2.83 bits per heavy atom. The summed E-state index contributed by atoms with van der Waals surface area (Å²) in [4.78, 5) is 13.7. The lowest BCUT2D eigenvalue weighted by molar-refractivity contribution is 0.0680. The summed E-state index contributed by atoms with van der Waals surface area (Å²) in [5.74, 6) is -1.85. The van der Waals surface area contributed by atoms with E-state index in [-0.39, 0.29) is 12.5 Å². The Labute approximate surface area is 66.8 Å². The molecular weight excluding hydrogens is 166 g/mol. The molecule has 1 aromatic heterocycles. The zero-order valence-corrected chi connectivity index (χ0v) is 5.97. The normalized spacial score (nSPS) is 12.8. The Hall–Kier alpha value is -1.47. The van der Waals surface area contributed by atoms with Crippen LogP contribution in [0.3, 0.4) is 0 Å². The molecule has 1 heterocycles. The van der Waals surface area contributed by atoms with E-state index in [1.165, 1.54) is 0 Å². The van der Waals surface area contributed by atoms with Crippen molar-refractivity contribution in [3.63, 3.8) is 0 Å². The molecule has 0 aromatic carbocycles. The van der Waals surface area contributed by atoms with E-state index >= 15 is 0 Å². The molecule has 7 heteroatoms. The second kappa shape index (κ2) is 3.28. The molecule has 1 rings (SSSR count). The van der Waals surface area contributed by atoms with Gasteiger partial charge in [-0.1, -0.05) is 0 Å². The number of aliphatic hydroxyl groups is 1. The molecule has 0 aliphatic carbocycles. The van der Waals surface area contributed by atoms with Gasteiger partial charge < -0.3 is 20.5 Å². The number of hydrogen-bond acceptors (Lipinski definition) is 6. The summed E-state index contributed by atoms with van der Waals surface area (Å²) < 4.78 is 4.45. The maximum atomic E-state index is 10.2. The summed E-state index contributed by atoms with van der Waals surface area (Å²) in [6.07, 6.45) is 0. The Balaban J connectivity index is 2.84. The number of nitrogens with zero attached hydrogens (tertiary/aromatic N) is 2. The van der Waals surface area contributed by atoms with E-state index in [1.54, 1.807) is 0 Å². The molecule has 7 nitrogen and oxygen atoms in total. The number of hydrogen-bond donors (Lipinski definition) is 3. The summed E-state index contributed by atoms with van der Waals surface area (Å²) in [5, 5.41) is 20.0. The molecule has 0 aliphatic rings. The van der Waals surface area contributed by atoms with Crippen LogP contribution < -0.4 is 5.73 Å². The van der Waals surface area contributed by atoms with E-state index in [9.17, 15) is 4.79 Å². The van der Waals surface area contributed by atoms with Crippen molar-refractivity contribution in [1.29, 1.82) is 0 Å². The second-order valence-corrected chi connectivity index (χ2v) is 2.05. The molecule has 0 radical (unpaired) electrons. The molecular formula is C5H7N3O4. The molecule has 4 N–H and O–H groups in total. The van der Waals surface area contributed by atoms with E-state index in [1.807, 2.05) is 0 Å². The molecule has 0 saturated heterocycles. The van der Waals surface area contributed by atoms with Gasteiger partial charge in [0.25, 0.3) is 5.82 Å². The Kier molecular flexibility index (Phi) is 2.36. The van der Waals surface area contributed by atoms with E-state index in [0.717, 1.165) is 0 Å². The number of carboxylic acid groups (broad SMARTS) is 1. The van der Waals surface area contributed by atoms with Gasteiger partial charge in [-0.2, -0.15) is 4.98 Å². The Morgan fingerprint density at radius 2 is 2.42 bits per heavy atom. The highest BCUT2D eigenvalue weighted by Crippen LogP contribution is 2.05. The van der Waals surface area contributed by atoms with E-state index in [4.69, 9.17) is 15.9 Å². The monoisotopic (exact) mass is 173 g/mol. The fraction of sp³-hybridized carbons (Fsp3) is 0.400. The van der Waals surface area contributed by atoms with Gasteiger partial charge in [0, 0.05) is 0 Å². The van der Waals surface area contributed by atoms with Crippen LogP contribution in [0.1, 0.15) is 22.6 Å². The van der Waals surface area contributed by atoms with Gasteiger partial charge in [-0.25, -0.2) is 4.79 Å². The summed E-state index contributed by atoms with van der Waals surface area (Å²) in [5.41, 5.74) is 5.27. The minimum Gasteiger partial charge on any atom is -0.475 e. The number of aliphatic hydroxyl groups excluding tert-OH is 1. The van der Waals surface area contributed by atoms with Gasteiger partial charge >= 0.3 is 5.97 Å². The number of carbonyl (C=O) groups is 1. The molecule has 1 unspecified atom stereocenters. The fourth-order valence-electron chi connectivity index (χ4n) is 0.551. The van der Waals surface area contributed by atoms with Crippen molar-refractivity contribution >= 4 is 5.97 Å². The summed E-state index contributed by atoms with van der Waals surface area (Å²) in [7, 11) is 0. The number of aromatic carboxylic acids is 1. The van der Waals surface area contributed by atoms with Crippen molar-refractivity contribution in [2.24, 2.45) is 5.73 Å². The van der Waals surface area contributed by atoms with Gasteiger partial charge in [-0.3, -0.25) is 0 Å². The Morgan fingerprint density at radius 1 is 1.75 bits per heavy atom. The lowest BCUT2D eigenvalue weighted by atomic mass is 10.3. The molecule has 1 aromatic rings. The van der Waals surface area contributed by atoms with Gasteiger partial charge in [0.1, 0.15) is 6.04 Å². The van der Waals surface area contributed by atoms with Crippen LogP contribution in [0.15, 0.2) is 4.52 Å². The van der Waals surface area contributed by atoms with Gasteiger partial charge in [0.2, 0.25) is 5.89 Å². The third-order valence-electron chi connectivity index (χ3n) is 1.15. The van der Waals surface area contributed by atoms with Crippen LogP contribution in [-0.4, -0.2) is 32.9 Å². The lowest BCUT2D eigenvalue weighted by Crippen LogP contribution is -2.15. The quantitative estimate of drug-likeness (QED) is 0.522. The number of rotatable bonds is 3. The SMILES string of the molecule is NC(CO)c1nc(C(=O)O)no1. The molecule has 66 valence electrons. The van der Waals surface area contributed by atoms with Gasteiger partial charge in [0.15, 0.2) is 0 Å². The van der Waals surface area contributed by atoms with E-state index in [0.29, 0.717) is 0 Å². The van der Waals surface area contributed by atoms with Gasteiger partial charge in [0.05, 0.1) is 6.61 Å². The smallest absolute Gasteiger partial charge is 0.377 e. The van der Waals surface area contributed by atoms with Crippen molar-refractivity contribution < 1.29 is 19.5 Å². The number of aromatic nitrogens is 2. The summed E-state index contributed by atoms with van der Waals surface area (Å²) in [6, 6.07) is -0.828. The van der Waals surface area contributed by atoms with Crippen LogP contribution in [0.4, 0.5) is 0 Å². The van der Waals surface area contributed by atoms with Crippen LogP contribution >= 0.6 is 0 Å². The first-order valence-electron chi connectivity index (χ1n) is 3.08. The topological polar surface area (TPSA) is 122 Å². The van der Waals surface area contributed by atoms with Crippen molar-refractivity contribution in [2.75, 3.05) is 6.61 Å². The van der Waals surface area contributed by atoms with Gasteiger partial charge in [-0.05, 0) is 5.16 Å². The third kappa shape index (κ3) is 1.57. The van der Waals surface area contributed by atoms with Crippen molar-refractivity contribution in [1.82, 2.24) is 10.1 Å². The fourth-order valence-corrected chi connectivity index (χ4v) is 0.551. The van der Waals surface area contributed by atoms with Crippen LogP contribution in [0.25, 0.3) is 0 Å². The minimum atomic E-state index is -1.30. The maximum absolute atomic E-state index is 10.2. The predicted molar refractivity (Wildman–Crippen MR) is 35.3 cm³/mol. The minimum absolute atomic E-state index is 0.0881. The molecule has 0 aliphatic heterocycles. The number of carboxylic acids is 1. The molecule has 12 heavy (non-hydrogen) atoms. The van der Waals surface area contributed by atoms with Crippen molar-refractivity contribution in [3.05, 3.63) is 11.7 Å². The summed E-state index contributed by atoms with van der Waals surface area (Å²) in [6.45, 7) is -0.374. The molecule has 0 spiro atoms. The number of nitrogens with two attached hydrogens (primary N) is 1. The van der Waals surface area contributed by atoms with Crippen LogP contribution in [-0.2, 0) is 0 Å². The van der Waals surface area contributed by atoms with Crippen LogP contribution in [0, 0.1) is 0 Å². The van der Waals surface area contributed by atoms with Gasteiger partial charge in [-0.15, -0.1) is 0 Å². The first-order valence-corrected chi connectivity index (χ1v) is 3.08. The average molecular weight is 173 g/mol. The molecule has 0 saturated carbocycles. The Bertz CT molecular complexity index is 284. The maximum Gasteiger partial charge on any atom is 0.377 e. The largest absolute Gasteiger partial charge is 0.475 e. The second-order valence-electron chi connectivity index (χ2n) is 2.05. The van der Waals surface area contributed by atoms with Crippen molar-refractivity contribution in [2.45, 2.75) is 6.04 Å².